The van der Waals surface area contributed by atoms with Crippen LogP contribution in [0.3, 0.4) is 0 Å². The zero-order valence-electron chi connectivity index (χ0n) is 14.1. The fraction of sp³-hybridized carbons (Fsp3) is 0.333. The lowest BCUT2D eigenvalue weighted by molar-refractivity contribution is -0.137. The SMILES string of the molecule is CCCCn1ccc2c(Nc3c(C)cncc3C(F)(F)F)nccc21. The number of unbranched alkanes of at least 4 members (excludes halogenated alkanes) is 1. The third-order valence-electron chi connectivity index (χ3n) is 4.13. The van der Waals surface area contributed by atoms with E-state index in [4.69, 9.17) is 0 Å². The van der Waals surface area contributed by atoms with Gasteiger partial charge in [-0.25, -0.2) is 4.98 Å². The summed E-state index contributed by atoms with van der Waals surface area (Å²) in [5.41, 5.74) is 0.561. The van der Waals surface area contributed by atoms with E-state index in [-0.39, 0.29) is 5.69 Å². The maximum Gasteiger partial charge on any atom is 0.419 e. The van der Waals surface area contributed by atoms with Crippen molar-refractivity contribution in [3.8, 4) is 0 Å². The molecule has 0 amide bonds. The van der Waals surface area contributed by atoms with Gasteiger partial charge in [-0.2, -0.15) is 13.2 Å². The Morgan fingerprint density at radius 3 is 2.72 bits per heavy atom. The lowest BCUT2D eigenvalue weighted by Crippen LogP contribution is -2.11. The minimum atomic E-state index is -4.48. The highest BCUT2D eigenvalue weighted by atomic mass is 19.4. The molecule has 25 heavy (non-hydrogen) atoms. The Hall–Kier alpha value is -2.57. The lowest BCUT2D eigenvalue weighted by Gasteiger charge is -2.16. The van der Waals surface area contributed by atoms with E-state index < -0.39 is 11.7 Å². The number of nitrogens with one attached hydrogen (secondary N) is 1. The zero-order valence-corrected chi connectivity index (χ0v) is 14.1. The molecule has 0 aliphatic heterocycles. The summed E-state index contributed by atoms with van der Waals surface area (Å²) in [6.45, 7) is 4.58. The molecule has 3 rings (SSSR count). The van der Waals surface area contributed by atoms with Gasteiger partial charge in [0.1, 0.15) is 5.82 Å². The molecular formula is C18H19F3N4. The quantitative estimate of drug-likeness (QED) is 0.680. The molecule has 3 aromatic heterocycles. The number of anilines is 2. The van der Waals surface area contributed by atoms with Crippen molar-refractivity contribution in [1.29, 1.82) is 0 Å². The Kier molecular flexibility index (Phi) is 4.65. The van der Waals surface area contributed by atoms with E-state index in [9.17, 15) is 13.2 Å². The molecule has 4 nitrogen and oxygen atoms in total. The molecule has 0 bridgehead atoms. The molecule has 0 atom stereocenters. The molecule has 3 aromatic rings. The van der Waals surface area contributed by atoms with Crippen molar-refractivity contribution >= 4 is 22.4 Å². The van der Waals surface area contributed by atoms with Crippen LogP contribution in [0.25, 0.3) is 10.9 Å². The lowest BCUT2D eigenvalue weighted by atomic mass is 10.1. The second kappa shape index (κ2) is 6.74. The van der Waals surface area contributed by atoms with E-state index in [2.05, 4.69) is 26.8 Å². The van der Waals surface area contributed by atoms with Gasteiger partial charge in [0.25, 0.3) is 0 Å². The van der Waals surface area contributed by atoms with Crippen molar-refractivity contribution < 1.29 is 13.2 Å². The van der Waals surface area contributed by atoms with E-state index in [1.807, 2.05) is 18.3 Å². The number of alkyl halides is 3. The fourth-order valence-electron chi connectivity index (χ4n) is 2.81. The van der Waals surface area contributed by atoms with Crippen LogP contribution in [0.1, 0.15) is 30.9 Å². The first kappa shape index (κ1) is 17.3. The van der Waals surface area contributed by atoms with Crippen LogP contribution in [-0.2, 0) is 12.7 Å². The smallest absolute Gasteiger partial charge is 0.347 e. The standard InChI is InChI=1S/C18H19F3N4/c1-3-4-8-25-9-6-13-15(25)5-7-23-17(13)24-16-12(2)10-22-11-14(16)18(19,20)21/h5-7,9-11H,3-4,8H2,1-2H3,(H,22,23,24). The highest BCUT2D eigenvalue weighted by Crippen LogP contribution is 2.37. The van der Waals surface area contributed by atoms with Crippen LogP contribution in [0.15, 0.2) is 36.9 Å². The maximum absolute atomic E-state index is 13.3. The summed E-state index contributed by atoms with van der Waals surface area (Å²) >= 11 is 0. The summed E-state index contributed by atoms with van der Waals surface area (Å²) in [5, 5.41) is 3.67. The first-order valence-electron chi connectivity index (χ1n) is 8.14. The third kappa shape index (κ3) is 3.45. The van der Waals surface area contributed by atoms with Crippen LogP contribution in [0, 0.1) is 6.92 Å². The van der Waals surface area contributed by atoms with E-state index in [0.29, 0.717) is 11.4 Å². The molecule has 0 saturated carbocycles. The Labute approximate surface area is 143 Å². The first-order chi connectivity index (χ1) is 11.9. The molecular weight excluding hydrogens is 329 g/mol. The van der Waals surface area contributed by atoms with Crippen LogP contribution in [-0.4, -0.2) is 14.5 Å². The minimum absolute atomic E-state index is 0.0104. The molecule has 0 saturated heterocycles. The van der Waals surface area contributed by atoms with Gasteiger partial charge in [-0.1, -0.05) is 13.3 Å². The molecule has 0 unspecified atom stereocenters. The zero-order chi connectivity index (χ0) is 18.0. The van der Waals surface area contributed by atoms with Crippen LogP contribution in [0.4, 0.5) is 24.7 Å². The van der Waals surface area contributed by atoms with Gasteiger partial charge in [0.15, 0.2) is 0 Å². The number of pyridine rings is 2. The van der Waals surface area contributed by atoms with Crippen LogP contribution in [0.5, 0.6) is 0 Å². The Bertz CT molecular complexity index is 884. The number of aryl methyl sites for hydroxylation is 2. The Balaban J connectivity index is 2.04. The summed E-state index contributed by atoms with van der Waals surface area (Å²) in [7, 11) is 0. The second-order valence-electron chi connectivity index (χ2n) is 5.96. The Morgan fingerprint density at radius 2 is 2.00 bits per heavy atom. The molecule has 0 spiro atoms. The van der Waals surface area contributed by atoms with Crippen molar-refractivity contribution in [2.75, 3.05) is 5.32 Å². The van der Waals surface area contributed by atoms with Crippen molar-refractivity contribution in [1.82, 2.24) is 14.5 Å². The predicted octanol–water partition coefficient (Wildman–Crippen LogP) is 5.30. The summed E-state index contributed by atoms with van der Waals surface area (Å²) in [5.74, 6) is 0.410. The fourth-order valence-corrected chi connectivity index (χ4v) is 2.81. The van der Waals surface area contributed by atoms with Gasteiger partial charge in [-0.15, -0.1) is 0 Å². The molecule has 0 aliphatic carbocycles. The number of hydrogen-bond donors (Lipinski definition) is 1. The van der Waals surface area contributed by atoms with Gasteiger partial charge in [0.2, 0.25) is 0 Å². The van der Waals surface area contributed by atoms with Crippen molar-refractivity contribution in [2.45, 2.75) is 39.4 Å². The molecule has 7 heteroatoms. The van der Waals surface area contributed by atoms with Crippen LogP contribution < -0.4 is 5.32 Å². The number of hydrogen-bond acceptors (Lipinski definition) is 3. The van der Waals surface area contributed by atoms with Crippen molar-refractivity contribution in [3.05, 3.63) is 48.0 Å². The molecule has 132 valence electrons. The largest absolute Gasteiger partial charge is 0.419 e. The average molecular weight is 348 g/mol. The summed E-state index contributed by atoms with van der Waals surface area (Å²) < 4.78 is 41.9. The van der Waals surface area contributed by atoms with Crippen molar-refractivity contribution in [3.63, 3.8) is 0 Å². The van der Waals surface area contributed by atoms with Gasteiger partial charge < -0.3 is 9.88 Å². The van der Waals surface area contributed by atoms with Gasteiger partial charge in [0, 0.05) is 36.7 Å². The summed E-state index contributed by atoms with van der Waals surface area (Å²) in [4.78, 5) is 7.92. The number of nitrogens with zero attached hydrogens (tertiary/aromatic N) is 3. The van der Waals surface area contributed by atoms with E-state index in [1.165, 1.54) is 6.20 Å². The van der Waals surface area contributed by atoms with E-state index in [1.54, 1.807) is 13.1 Å². The molecule has 0 fully saturated rings. The predicted molar refractivity (Wildman–Crippen MR) is 91.9 cm³/mol. The van der Waals surface area contributed by atoms with E-state index >= 15 is 0 Å². The second-order valence-corrected chi connectivity index (χ2v) is 5.96. The molecule has 1 N–H and O–H groups in total. The molecule has 0 aliphatic rings. The number of rotatable bonds is 5. The summed E-state index contributed by atoms with van der Waals surface area (Å²) in [6.07, 6.45) is 3.42. The van der Waals surface area contributed by atoms with Crippen LogP contribution >= 0.6 is 0 Å². The monoisotopic (exact) mass is 348 g/mol. The highest BCUT2D eigenvalue weighted by Gasteiger charge is 2.34. The van der Waals surface area contributed by atoms with Crippen LogP contribution in [0.2, 0.25) is 0 Å². The van der Waals surface area contributed by atoms with Gasteiger partial charge in [0.05, 0.1) is 16.8 Å². The van der Waals surface area contributed by atoms with Gasteiger partial charge >= 0.3 is 6.18 Å². The summed E-state index contributed by atoms with van der Waals surface area (Å²) in [6, 6.07) is 3.75. The maximum atomic E-state index is 13.3. The first-order valence-corrected chi connectivity index (χ1v) is 8.14. The number of fused-ring (bicyclic) bond motifs is 1. The number of aromatic nitrogens is 3. The van der Waals surface area contributed by atoms with Gasteiger partial charge in [-0.3, -0.25) is 4.98 Å². The molecule has 3 heterocycles. The molecule has 0 aromatic carbocycles. The van der Waals surface area contributed by atoms with E-state index in [0.717, 1.165) is 36.5 Å². The third-order valence-corrected chi connectivity index (χ3v) is 4.13. The molecule has 0 radical (unpaired) electrons. The van der Waals surface area contributed by atoms with Gasteiger partial charge in [-0.05, 0) is 31.0 Å². The van der Waals surface area contributed by atoms with Crippen molar-refractivity contribution in [2.24, 2.45) is 0 Å². The topological polar surface area (TPSA) is 42.7 Å². The average Bonchev–Trinajstić information content (AvgIpc) is 2.98. The number of halogens is 3. The highest BCUT2D eigenvalue weighted by molar-refractivity contribution is 5.92. The minimum Gasteiger partial charge on any atom is -0.347 e. The normalized spacial score (nSPS) is 11.9. The Morgan fingerprint density at radius 1 is 1.20 bits per heavy atom.